The fourth-order valence-electron chi connectivity index (χ4n) is 2.56. The highest BCUT2D eigenvalue weighted by atomic mass is 16.5. The van der Waals surface area contributed by atoms with Gasteiger partial charge in [0.05, 0.1) is 12.1 Å². The molecule has 0 amide bonds. The Morgan fingerprint density at radius 2 is 2.20 bits per heavy atom. The molecular weight excluding hydrogens is 188 g/mol. The van der Waals surface area contributed by atoms with Crippen LogP contribution in [-0.4, -0.2) is 31.8 Å². The molecule has 0 saturated heterocycles. The molecule has 3 atom stereocenters. The summed E-state index contributed by atoms with van der Waals surface area (Å²) in [5.41, 5.74) is 5.86. The Labute approximate surface area is 93.8 Å². The fourth-order valence-corrected chi connectivity index (χ4v) is 2.56. The molecule has 0 heterocycles. The molecule has 1 fully saturated rings. The molecule has 3 N–H and O–H groups in total. The predicted molar refractivity (Wildman–Crippen MR) is 63.9 cm³/mol. The smallest absolute Gasteiger partial charge is 0.0656 e. The van der Waals surface area contributed by atoms with Crippen LogP contribution in [0.1, 0.15) is 39.5 Å². The largest absolute Gasteiger partial charge is 0.383 e. The van der Waals surface area contributed by atoms with Crippen LogP contribution in [-0.2, 0) is 4.74 Å². The minimum absolute atomic E-state index is 0.0104. The first-order chi connectivity index (χ1) is 7.15. The van der Waals surface area contributed by atoms with Crippen LogP contribution in [0.5, 0.6) is 0 Å². The fraction of sp³-hybridized carbons (Fsp3) is 1.00. The summed E-state index contributed by atoms with van der Waals surface area (Å²) in [6, 6.07) is 0.638. The van der Waals surface area contributed by atoms with E-state index in [1.807, 2.05) is 0 Å². The van der Waals surface area contributed by atoms with Crippen molar-refractivity contribution in [2.45, 2.75) is 51.1 Å². The van der Waals surface area contributed by atoms with E-state index >= 15 is 0 Å². The van der Waals surface area contributed by atoms with Crippen molar-refractivity contribution in [1.29, 1.82) is 0 Å². The molecule has 3 unspecified atom stereocenters. The van der Waals surface area contributed by atoms with Crippen molar-refractivity contribution in [3.8, 4) is 0 Å². The molecule has 0 bridgehead atoms. The summed E-state index contributed by atoms with van der Waals surface area (Å²) in [6.45, 7) is 5.87. The van der Waals surface area contributed by atoms with E-state index in [4.69, 9.17) is 10.5 Å². The first kappa shape index (κ1) is 12.9. The van der Waals surface area contributed by atoms with Gasteiger partial charge < -0.3 is 15.8 Å². The Balaban J connectivity index is 2.49. The summed E-state index contributed by atoms with van der Waals surface area (Å²) in [6.07, 6.45) is 4.94. The van der Waals surface area contributed by atoms with E-state index in [1.165, 1.54) is 19.3 Å². The summed E-state index contributed by atoms with van der Waals surface area (Å²) >= 11 is 0. The number of hydrogen-bond donors (Lipinski definition) is 2. The Morgan fingerprint density at radius 1 is 1.47 bits per heavy atom. The lowest BCUT2D eigenvalue weighted by Crippen LogP contribution is -2.57. The molecule has 1 aliphatic rings. The van der Waals surface area contributed by atoms with Crippen LogP contribution in [0.25, 0.3) is 0 Å². The molecule has 90 valence electrons. The second kappa shape index (κ2) is 5.83. The van der Waals surface area contributed by atoms with Gasteiger partial charge in [-0.3, -0.25) is 0 Å². The van der Waals surface area contributed by atoms with Gasteiger partial charge >= 0.3 is 0 Å². The van der Waals surface area contributed by atoms with Crippen LogP contribution in [0.3, 0.4) is 0 Å². The zero-order chi connectivity index (χ0) is 11.3. The summed E-state index contributed by atoms with van der Waals surface area (Å²) in [5.74, 6) is 0.859. The van der Waals surface area contributed by atoms with Crippen molar-refractivity contribution in [3.63, 3.8) is 0 Å². The third kappa shape index (κ3) is 3.44. The topological polar surface area (TPSA) is 47.3 Å². The van der Waals surface area contributed by atoms with E-state index < -0.39 is 0 Å². The molecule has 1 saturated carbocycles. The third-order valence-electron chi connectivity index (χ3n) is 3.69. The first-order valence-electron chi connectivity index (χ1n) is 6.12. The SMILES string of the molecule is CCC(CN)(COC)NC1CCC(C)C1. The van der Waals surface area contributed by atoms with Crippen LogP contribution in [0.2, 0.25) is 0 Å². The molecule has 0 radical (unpaired) electrons. The van der Waals surface area contributed by atoms with Crippen molar-refractivity contribution < 1.29 is 4.74 Å². The van der Waals surface area contributed by atoms with E-state index in [0.29, 0.717) is 19.2 Å². The lowest BCUT2D eigenvalue weighted by atomic mass is 9.95. The van der Waals surface area contributed by atoms with E-state index in [1.54, 1.807) is 7.11 Å². The van der Waals surface area contributed by atoms with Gasteiger partial charge in [0.2, 0.25) is 0 Å². The first-order valence-corrected chi connectivity index (χ1v) is 6.12. The van der Waals surface area contributed by atoms with Crippen LogP contribution in [0.15, 0.2) is 0 Å². The van der Waals surface area contributed by atoms with Crippen molar-refractivity contribution in [1.82, 2.24) is 5.32 Å². The average Bonchev–Trinajstić information content (AvgIpc) is 2.63. The maximum atomic E-state index is 5.87. The van der Waals surface area contributed by atoms with Gasteiger partial charge in [-0.1, -0.05) is 13.8 Å². The number of nitrogens with two attached hydrogens (primary N) is 1. The number of rotatable bonds is 6. The Bertz CT molecular complexity index is 180. The standard InChI is InChI=1S/C12H26N2O/c1-4-12(8-13,9-15-3)14-11-6-5-10(2)7-11/h10-11,14H,4-9,13H2,1-3H3. The van der Waals surface area contributed by atoms with Gasteiger partial charge in [-0.05, 0) is 31.6 Å². The van der Waals surface area contributed by atoms with Gasteiger partial charge in [0, 0.05) is 19.7 Å². The van der Waals surface area contributed by atoms with Crippen molar-refractivity contribution in [3.05, 3.63) is 0 Å². The van der Waals surface area contributed by atoms with E-state index in [0.717, 1.165) is 12.3 Å². The van der Waals surface area contributed by atoms with Gasteiger partial charge in [0.15, 0.2) is 0 Å². The molecule has 15 heavy (non-hydrogen) atoms. The zero-order valence-electron chi connectivity index (χ0n) is 10.4. The summed E-state index contributed by atoms with van der Waals surface area (Å²) in [5, 5.41) is 3.71. The molecule has 3 nitrogen and oxygen atoms in total. The van der Waals surface area contributed by atoms with Gasteiger partial charge in [-0.15, -0.1) is 0 Å². The summed E-state index contributed by atoms with van der Waals surface area (Å²) in [7, 11) is 1.75. The molecule has 1 aliphatic carbocycles. The van der Waals surface area contributed by atoms with Gasteiger partial charge in [-0.25, -0.2) is 0 Å². The van der Waals surface area contributed by atoms with Crippen LogP contribution >= 0.6 is 0 Å². The number of nitrogens with one attached hydrogen (secondary N) is 1. The number of methoxy groups -OCH3 is 1. The Morgan fingerprint density at radius 3 is 2.60 bits per heavy atom. The highest BCUT2D eigenvalue weighted by Crippen LogP contribution is 2.26. The molecule has 0 spiro atoms. The molecule has 0 aliphatic heterocycles. The molecule has 0 aromatic rings. The van der Waals surface area contributed by atoms with Crippen LogP contribution in [0.4, 0.5) is 0 Å². The van der Waals surface area contributed by atoms with Gasteiger partial charge in [0.25, 0.3) is 0 Å². The number of ether oxygens (including phenoxy) is 1. The quantitative estimate of drug-likeness (QED) is 0.705. The highest BCUT2D eigenvalue weighted by Gasteiger charge is 2.32. The maximum Gasteiger partial charge on any atom is 0.0656 e. The van der Waals surface area contributed by atoms with E-state index in [2.05, 4.69) is 19.2 Å². The number of hydrogen-bond acceptors (Lipinski definition) is 3. The Kier molecular flexibility index (Phi) is 5.03. The molecule has 3 heteroatoms. The van der Waals surface area contributed by atoms with E-state index in [-0.39, 0.29) is 5.54 Å². The van der Waals surface area contributed by atoms with Gasteiger partial charge in [-0.2, -0.15) is 0 Å². The van der Waals surface area contributed by atoms with Gasteiger partial charge in [0.1, 0.15) is 0 Å². The zero-order valence-corrected chi connectivity index (χ0v) is 10.4. The highest BCUT2D eigenvalue weighted by molar-refractivity contribution is 4.93. The van der Waals surface area contributed by atoms with Crippen molar-refractivity contribution >= 4 is 0 Å². The average molecular weight is 214 g/mol. The van der Waals surface area contributed by atoms with Crippen LogP contribution < -0.4 is 11.1 Å². The minimum Gasteiger partial charge on any atom is -0.383 e. The van der Waals surface area contributed by atoms with E-state index in [9.17, 15) is 0 Å². The maximum absolute atomic E-state index is 5.87. The minimum atomic E-state index is -0.0104. The second-order valence-electron chi connectivity index (χ2n) is 5.03. The van der Waals surface area contributed by atoms with Crippen LogP contribution in [0, 0.1) is 5.92 Å². The monoisotopic (exact) mass is 214 g/mol. The summed E-state index contributed by atoms with van der Waals surface area (Å²) in [4.78, 5) is 0. The molecule has 0 aromatic carbocycles. The predicted octanol–water partition coefficient (Wildman–Crippen LogP) is 1.52. The molecular formula is C12H26N2O. The van der Waals surface area contributed by atoms with Crippen molar-refractivity contribution in [2.24, 2.45) is 11.7 Å². The molecule has 1 rings (SSSR count). The van der Waals surface area contributed by atoms with Crippen molar-refractivity contribution in [2.75, 3.05) is 20.3 Å². The second-order valence-corrected chi connectivity index (χ2v) is 5.03. The molecule has 0 aromatic heterocycles. The lowest BCUT2D eigenvalue weighted by molar-refractivity contribution is 0.101. The Hall–Kier alpha value is -0.120. The lowest BCUT2D eigenvalue weighted by Gasteiger charge is -2.35. The summed E-state index contributed by atoms with van der Waals surface area (Å²) < 4.78 is 5.28. The third-order valence-corrected chi connectivity index (χ3v) is 3.69. The normalized spacial score (nSPS) is 30.4.